The van der Waals surface area contributed by atoms with Gasteiger partial charge in [-0.2, -0.15) is 0 Å². The number of nitrogens with zero attached hydrogens (tertiary/aromatic N) is 5. The SMILES string of the molecule is CCNC(=O)[C@@H](OCn1cnc2c(N)nc(C#CCN3CCCCC3)nc21)C(O)CO. The Morgan fingerprint density at radius 3 is 2.84 bits per heavy atom. The van der Waals surface area contributed by atoms with E-state index in [4.69, 9.17) is 10.5 Å². The maximum Gasteiger partial charge on any atom is 0.252 e. The summed E-state index contributed by atoms with van der Waals surface area (Å²) in [6.07, 6.45) is 2.50. The van der Waals surface area contributed by atoms with Crippen molar-refractivity contribution in [2.75, 3.05) is 38.5 Å². The number of hydrogen-bond acceptors (Lipinski definition) is 9. The molecule has 3 rings (SSSR count). The number of nitrogens with one attached hydrogen (secondary N) is 1. The number of nitrogen functional groups attached to an aromatic ring is 1. The van der Waals surface area contributed by atoms with E-state index in [1.54, 1.807) is 11.5 Å². The van der Waals surface area contributed by atoms with E-state index in [9.17, 15) is 15.0 Å². The average Bonchev–Trinajstić information content (AvgIpc) is 3.18. The van der Waals surface area contributed by atoms with Crippen LogP contribution >= 0.6 is 0 Å². The molecule has 0 radical (unpaired) electrons. The first-order valence-electron chi connectivity index (χ1n) is 10.4. The number of aliphatic hydroxyl groups excluding tert-OH is 2. The number of carbonyl (C=O) groups is 1. The lowest BCUT2D eigenvalue weighted by Crippen LogP contribution is -2.45. The summed E-state index contributed by atoms with van der Waals surface area (Å²) in [5.74, 6) is 6.01. The van der Waals surface area contributed by atoms with Gasteiger partial charge in [-0.3, -0.25) is 14.3 Å². The molecule has 1 aliphatic rings. The highest BCUT2D eigenvalue weighted by Gasteiger charge is 2.27. The standard InChI is InChI=1S/C20H29N7O4/c1-2-22-20(30)17(14(29)11-28)31-13-27-12-23-16-18(21)24-15(25-19(16)27)7-6-10-26-8-4-3-5-9-26/h12,14,17,28-29H,2-5,8-11,13H2,1H3,(H,22,30)(H2,21,24,25)/t14?,17-/m0/s1. The molecule has 0 bridgehead atoms. The van der Waals surface area contributed by atoms with Gasteiger partial charge in [-0.05, 0) is 38.8 Å². The number of aliphatic hydroxyl groups is 2. The number of amides is 1. The number of likely N-dealkylation sites (N-methyl/N-ethyl adjacent to an activating group) is 1. The molecule has 0 saturated carbocycles. The molecule has 2 atom stereocenters. The van der Waals surface area contributed by atoms with Crippen LogP contribution in [-0.4, -0.2) is 85.5 Å². The molecule has 1 fully saturated rings. The molecule has 2 aromatic heterocycles. The van der Waals surface area contributed by atoms with Crippen LogP contribution in [0.2, 0.25) is 0 Å². The molecule has 2 aromatic rings. The molecule has 1 saturated heterocycles. The molecule has 1 aliphatic heterocycles. The van der Waals surface area contributed by atoms with E-state index in [0.717, 1.165) is 13.1 Å². The molecule has 0 aromatic carbocycles. The third kappa shape index (κ3) is 5.89. The lowest BCUT2D eigenvalue weighted by molar-refractivity contribution is -0.147. The van der Waals surface area contributed by atoms with Gasteiger partial charge < -0.3 is 26.0 Å². The number of rotatable bonds is 8. The maximum atomic E-state index is 12.1. The molecule has 31 heavy (non-hydrogen) atoms. The van der Waals surface area contributed by atoms with Crippen molar-refractivity contribution < 1.29 is 19.7 Å². The number of carbonyl (C=O) groups excluding carboxylic acids is 1. The van der Waals surface area contributed by atoms with Crippen molar-refractivity contribution in [3.63, 3.8) is 0 Å². The van der Waals surface area contributed by atoms with Crippen molar-refractivity contribution in [1.82, 2.24) is 29.7 Å². The summed E-state index contributed by atoms with van der Waals surface area (Å²) < 4.78 is 7.10. The normalized spacial score (nSPS) is 16.5. The first-order valence-corrected chi connectivity index (χ1v) is 10.4. The second-order valence-electron chi connectivity index (χ2n) is 7.32. The van der Waals surface area contributed by atoms with Crippen LogP contribution < -0.4 is 11.1 Å². The van der Waals surface area contributed by atoms with E-state index in [0.29, 0.717) is 24.3 Å². The van der Waals surface area contributed by atoms with Gasteiger partial charge in [0.05, 0.1) is 19.5 Å². The van der Waals surface area contributed by atoms with Crippen LogP contribution in [0.5, 0.6) is 0 Å². The largest absolute Gasteiger partial charge is 0.394 e. The van der Waals surface area contributed by atoms with Gasteiger partial charge in [-0.15, -0.1) is 0 Å². The Balaban J connectivity index is 1.74. The minimum Gasteiger partial charge on any atom is -0.394 e. The Hall–Kier alpha value is -2.78. The fourth-order valence-corrected chi connectivity index (χ4v) is 3.36. The molecule has 11 heteroatoms. The highest BCUT2D eigenvalue weighted by Crippen LogP contribution is 2.16. The van der Waals surface area contributed by atoms with Crippen LogP contribution in [0, 0.1) is 11.8 Å². The zero-order valence-electron chi connectivity index (χ0n) is 17.6. The molecule has 0 aliphatic carbocycles. The predicted octanol–water partition coefficient (Wildman–Crippen LogP) is -0.922. The van der Waals surface area contributed by atoms with Crippen LogP contribution in [0.1, 0.15) is 32.0 Å². The summed E-state index contributed by atoms with van der Waals surface area (Å²) in [7, 11) is 0. The van der Waals surface area contributed by atoms with Crippen LogP contribution in [-0.2, 0) is 16.3 Å². The fourth-order valence-electron chi connectivity index (χ4n) is 3.36. The van der Waals surface area contributed by atoms with Crippen molar-refractivity contribution in [3.05, 3.63) is 12.2 Å². The van der Waals surface area contributed by atoms with Crippen LogP contribution in [0.4, 0.5) is 5.82 Å². The van der Waals surface area contributed by atoms with E-state index in [1.807, 2.05) is 0 Å². The number of piperidine rings is 1. The van der Waals surface area contributed by atoms with Crippen molar-refractivity contribution >= 4 is 22.9 Å². The minimum absolute atomic E-state index is 0.132. The first kappa shape index (κ1) is 22.9. The zero-order valence-corrected chi connectivity index (χ0v) is 17.6. The van der Waals surface area contributed by atoms with Gasteiger partial charge in [-0.25, -0.2) is 15.0 Å². The van der Waals surface area contributed by atoms with Gasteiger partial charge >= 0.3 is 0 Å². The highest BCUT2D eigenvalue weighted by atomic mass is 16.5. The number of hydrogen-bond donors (Lipinski definition) is 4. The third-order valence-corrected chi connectivity index (χ3v) is 4.98. The molecular formula is C20H29N7O4. The third-order valence-electron chi connectivity index (χ3n) is 4.98. The van der Waals surface area contributed by atoms with Crippen molar-refractivity contribution in [1.29, 1.82) is 0 Å². The maximum absolute atomic E-state index is 12.1. The van der Waals surface area contributed by atoms with E-state index in [2.05, 4.69) is 37.0 Å². The smallest absolute Gasteiger partial charge is 0.252 e. The lowest BCUT2D eigenvalue weighted by Gasteiger charge is -2.23. The number of imidazole rings is 1. The number of fused-ring (bicyclic) bond motifs is 1. The van der Waals surface area contributed by atoms with Gasteiger partial charge in [-0.1, -0.05) is 12.3 Å². The van der Waals surface area contributed by atoms with Crippen LogP contribution in [0.15, 0.2) is 6.33 Å². The predicted molar refractivity (Wildman–Crippen MR) is 114 cm³/mol. The molecular weight excluding hydrogens is 402 g/mol. The van der Waals surface area contributed by atoms with Gasteiger partial charge in [0.1, 0.15) is 18.4 Å². The molecule has 1 unspecified atom stereocenters. The van der Waals surface area contributed by atoms with E-state index < -0.39 is 24.7 Å². The molecule has 11 nitrogen and oxygen atoms in total. The second kappa shape index (κ2) is 11.0. The summed E-state index contributed by atoms with van der Waals surface area (Å²) in [6.45, 7) is 4.12. The van der Waals surface area contributed by atoms with Crippen molar-refractivity contribution in [2.24, 2.45) is 0 Å². The zero-order chi connectivity index (χ0) is 22.2. The Morgan fingerprint density at radius 2 is 2.13 bits per heavy atom. The highest BCUT2D eigenvalue weighted by molar-refractivity contribution is 5.82. The van der Waals surface area contributed by atoms with Gasteiger partial charge in [0.2, 0.25) is 5.82 Å². The molecule has 5 N–H and O–H groups in total. The Labute approximate surface area is 180 Å². The van der Waals surface area contributed by atoms with Crippen LogP contribution in [0.25, 0.3) is 11.2 Å². The van der Waals surface area contributed by atoms with Crippen LogP contribution in [0.3, 0.4) is 0 Å². The molecule has 1 amide bonds. The lowest BCUT2D eigenvalue weighted by atomic mass is 10.1. The molecule has 0 spiro atoms. The van der Waals surface area contributed by atoms with Crippen molar-refractivity contribution in [3.8, 4) is 11.8 Å². The summed E-state index contributed by atoms with van der Waals surface area (Å²) >= 11 is 0. The second-order valence-corrected chi connectivity index (χ2v) is 7.32. The Morgan fingerprint density at radius 1 is 1.35 bits per heavy atom. The Bertz CT molecular complexity index is 946. The van der Waals surface area contributed by atoms with Gasteiger partial charge in [0.15, 0.2) is 17.6 Å². The summed E-state index contributed by atoms with van der Waals surface area (Å²) in [4.78, 5) is 27.3. The summed E-state index contributed by atoms with van der Waals surface area (Å²) in [5.41, 5.74) is 6.81. The number of anilines is 1. The van der Waals surface area contributed by atoms with Crippen molar-refractivity contribution in [2.45, 2.75) is 45.1 Å². The first-order chi connectivity index (χ1) is 15.0. The quantitative estimate of drug-likeness (QED) is 0.389. The fraction of sp³-hybridized carbons (Fsp3) is 0.600. The topological polar surface area (TPSA) is 152 Å². The van der Waals surface area contributed by atoms with Gasteiger partial charge in [0.25, 0.3) is 5.91 Å². The number of likely N-dealkylation sites (tertiary alicyclic amines) is 1. The van der Waals surface area contributed by atoms with E-state index in [-0.39, 0.29) is 18.4 Å². The van der Waals surface area contributed by atoms with Gasteiger partial charge in [0, 0.05) is 6.54 Å². The number of aromatic nitrogens is 4. The van der Waals surface area contributed by atoms with E-state index >= 15 is 0 Å². The summed E-state index contributed by atoms with van der Waals surface area (Å²) in [6, 6.07) is 0. The molecule has 168 valence electrons. The monoisotopic (exact) mass is 431 g/mol. The number of nitrogens with two attached hydrogens (primary N) is 1. The Kier molecular flexibility index (Phi) is 8.13. The molecule has 3 heterocycles. The van der Waals surface area contributed by atoms with E-state index in [1.165, 1.54) is 25.6 Å². The number of ether oxygens (including phenoxy) is 1. The summed E-state index contributed by atoms with van der Waals surface area (Å²) in [5, 5.41) is 21.7. The minimum atomic E-state index is -1.36. The average molecular weight is 431 g/mol.